The number of aryl methyl sites for hydroxylation is 1. The van der Waals surface area contributed by atoms with Crippen LogP contribution >= 0.6 is 27.7 Å². The number of benzene rings is 2. The van der Waals surface area contributed by atoms with Crippen molar-refractivity contribution in [1.82, 2.24) is 4.90 Å². The van der Waals surface area contributed by atoms with E-state index < -0.39 is 5.91 Å². The number of amides is 1. The first-order valence-electron chi connectivity index (χ1n) is 9.61. The van der Waals surface area contributed by atoms with E-state index in [2.05, 4.69) is 20.9 Å². The molecule has 0 unspecified atom stereocenters. The Hall–Kier alpha value is -2.84. The Morgan fingerprint density at radius 3 is 2.61 bits per heavy atom. The van der Waals surface area contributed by atoms with E-state index in [4.69, 9.17) is 14.9 Å². The highest BCUT2D eigenvalue weighted by molar-refractivity contribution is 9.10. The Balaban J connectivity index is 1.40. The average molecular weight is 498 g/mol. The van der Waals surface area contributed by atoms with E-state index in [-0.39, 0.29) is 11.4 Å². The molecule has 2 aromatic carbocycles. The van der Waals surface area contributed by atoms with Gasteiger partial charge in [-0.2, -0.15) is 4.99 Å². The number of hydrogen-bond acceptors (Lipinski definition) is 5. The van der Waals surface area contributed by atoms with Gasteiger partial charge in [-0.3, -0.25) is 15.1 Å². The fourth-order valence-electron chi connectivity index (χ4n) is 3.08. The molecule has 0 bridgehead atoms. The number of fused-ring (bicyclic) bond motifs is 1. The quantitative estimate of drug-likeness (QED) is 0.428. The molecule has 158 valence electrons. The molecule has 31 heavy (non-hydrogen) atoms. The highest BCUT2D eigenvalue weighted by Gasteiger charge is 2.33. The second kappa shape index (κ2) is 9.11. The van der Waals surface area contributed by atoms with Gasteiger partial charge in [0.05, 0.1) is 10.0 Å². The van der Waals surface area contributed by atoms with Crippen molar-refractivity contribution >= 4 is 50.7 Å². The minimum Gasteiger partial charge on any atom is -0.490 e. The Morgan fingerprint density at radius 1 is 1.13 bits per heavy atom. The number of allylic oxidation sites excluding steroid dienone is 1. The normalized spacial score (nSPS) is 16.9. The first-order chi connectivity index (χ1) is 14.9. The van der Waals surface area contributed by atoms with Crippen molar-refractivity contribution in [2.24, 2.45) is 4.99 Å². The van der Waals surface area contributed by atoms with Gasteiger partial charge in [0.2, 0.25) is 0 Å². The lowest BCUT2D eigenvalue weighted by Crippen LogP contribution is -2.37. The van der Waals surface area contributed by atoms with E-state index in [1.807, 2.05) is 61.7 Å². The number of ether oxygens (including phenoxy) is 2. The van der Waals surface area contributed by atoms with Crippen LogP contribution in [0.4, 0.5) is 0 Å². The van der Waals surface area contributed by atoms with Crippen molar-refractivity contribution in [3.8, 4) is 11.5 Å². The van der Waals surface area contributed by atoms with Crippen LogP contribution < -0.4 is 9.47 Å². The molecule has 1 amide bonds. The van der Waals surface area contributed by atoms with Crippen LogP contribution in [0.15, 0.2) is 68.6 Å². The van der Waals surface area contributed by atoms with E-state index in [1.165, 1.54) is 17.3 Å². The highest BCUT2D eigenvalue weighted by Crippen LogP contribution is 2.33. The van der Waals surface area contributed by atoms with Crippen LogP contribution in [0.2, 0.25) is 0 Å². The van der Waals surface area contributed by atoms with Gasteiger partial charge < -0.3 is 9.47 Å². The van der Waals surface area contributed by atoms with E-state index in [9.17, 15) is 4.79 Å². The van der Waals surface area contributed by atoms with Crippen molar-refractivity contribution < 1.29 is 14.3 Å². The number of halogens is 1. The zero-order valence-electron chi connectivity index (χ0n) is 17.0. The molecule has 0 saturated heterocycles. The molecule has 0 fully saturated rings. The van der Waals surface area contributed by atoms with Crippen LogP contribution in [0.3, 0.4) is 0 Å². The van der Waals surface area contributed by atoms with Crippen molar-refractivity contribution in [1.29, 1.82) is 5.41 Å². The zero-order valence-corrected chi connectivity index (χ0v) is 19.4. The number of carbonyl (C=O) groups is 1. The van der Waals surface area contributed by atoms with E-state index in [1.54, 1.807) is 11.0 Å². The van der Waals surface area contributed by atoms with Crippen LogP contribution in [-0.4, -0.2) is 35.0 Å². The molecule has 1 N–H and O–H groups in total. The molecule has 0 spiro atoms. The summed E-state index contributed by atoms with van der Waals surface area (Å²) in [5.74, 6) is 1.21. The summed E-state index contributed by atoms with van der Waals surface area (Å²) >= 11 is 4.87. The summed E-state index contributed by atoms with van der Waals surface area (Å²) in [5.41, 5.74) is 3.09. The number of aliphatic imine (C=N–C) groups is 1. The molecule has 0 radical (unpaired) electrons. The lowest BCUT2D eigenvalue weighted by atomic mass is 10.1. The first kappa shape index (κ1) is 21.4. The van der Waals surface area contributed by atoms with Gasteiger partial charge in [0, 0.05) is 5.70 Å². The number of nitrogens with one attached hydrogen (secondary N) is 1. The smallest absolute Gasteiger partial charge is 0.283 e. The Morgan fingerprint density at radius 2 is 1.87 bits per heavy atom. The number of rotatable bonds is 6. The number of thioether (sulfide) groups is 1. The van der Waals surface area contributed by atoms with Gasteiger partial charge in [-0.1, -0.05) is 35.5 Å². The predicted octanol–water partition coefficient (Wildman–Crippen LogP) is 5.38. The summed E-state index contributed by atoms with van der Waals surface area (Å²) < 4.78 is 12.2. The maximum Gasteiger partial charge on any atom is 0.283 e. The summed E-state index contributed by atoms with van der Waals surface area (Å²) in [6.07, 6.45) is 1.68. The summed E-state index contributed by atoms with van der Waals surface area (Å²) in [7, 11) is 0. The van der Waals surface area contributed by atoms with Gasteiger partial charge in [0.15, 0.2) is 5.17 Å². The Labute approximate surface area is 193 Å². The summed E-state index contributed by atoms with van der Waals surface area (Å²) in [6, 6.07) is 13.4. The van der Waals surface area contributed by atoms with E-state index in [0.29, 0.717) is 24.1 Å². The van der Waals surface area contributed by atoms with Gasteiger partial charge in [0.25, 0.3) is 5.91 Å². The minimum atomic E-state index is -0.406. The molecule has 0 aliphatic carbocycles. The lowest BCUT2D eigenvalue weighted by molar-refractivity contribution is -0.114. The molecule has 2 aliphatic rings. The predicted molar refractivity (Wildman–Crippen MR) is 128 cm³/mol. The minimum absolute atomic E-state index is 0.137. The van der Waals surface area contributed by atoms with Gasteiger partial charge in [-0.15, -0.1) is 0 Å². The summed E-state index contributed by atoms with van der Waals surface area (Å²) in [5, 5.41) is 10.8. The first-order valence-corrected chi connectivity index (χ1v) is 11.3. The maximum absolute atomic E-state index is 12.4. The van der Waals surface area contributed by atoms with Crippen LogP contribution in [-0.2, 0) is 4.79 Å². The van der Waals surface area contributed by atoms with Gasteiger partial charge >= 0.3 is 0 Å². The molecule has 0 atom stereocenters. The SMILES string of the molecule is CC1=CSC2=NC(=O)/C(=C\c3ccc(OCCOc4ccc(C)cc4)c(Br)c3)C(=N)N12. The second-order valence-electron chi connectivity index (χ2n) is 7.02. The van der Waals surface area contributed by atoms with Crippen molar-refractivity contribution in [3.63, 3.8) is 0 Å². The van der Waals surface area contributed by atoms with Crippen LogP contribution in [0.25, 0.3) is 6.08 Å². The lowest BCUT2D eigenvalue weighted by Gasteiger charge is -2.25. The van der Waals surface area contributed by atoms with Crippen LogP contribution in [0, 0.1) is 12.3 Å². The number of nitrogens with zero attached hydrogens (tertiary/aromatic N) is 2. The average Bonchev–Trinajstić information content (AvgIpc) is 3.11. The van der Waals surface area contributed by atoms with Gasteiger partial charge in [-0.05, 0) is 71.1 Å². The van der Waals surface area contributed by atoms with Crippen molar-refractivity contribution in [2.45, 2.75) is 13.8 Å². The molecule has 2 heterocycles. The maximum atomic E-state index is 12.4. The topological polar surface area (TPSA) is 75.0 Å². The standard InChI is InChI=1S/C23H20BrN3O3S/c1-14-3-6-17(7-4-14)29-9-10-30-20-8-5-16(12-19(20)24)11-18-21(25)27-15(2)13-31-23(27)26-22(18)28/h3-8,11-13,25H,9-10H2,1-2H3/b18-11-,25-21?. The Bertz CT molecular complexity index is 1140. The molecule has 4 rings (SSSR count). The summed E-state index contributed by atoms with van der Waals surface area (Å²) in [4.78, 5) is 18.2. The largest absolute Gasteiger partial charge is 0.490 e. The molecule has 2 aliphatic heterocycles. The Kier molecular flexibility index (Phi) is 6.29. The van der Waals surface area contributed by atoms with Gasteiger partial charge in [0.1, 0.15) is 30.5 Å². The van der Waals surface area contributed by atoms with Gasteiger partial charge in [-0.25, -0.2) is 0 Å². The molecule has 8 heteroatoms. The second-order valence-corrected chi connectivity index (χ2v) is 8.71. The van der Waals surface area contributed by atoms with E-state index >= 15 is 0 Å². The zero-order chi connectivity index (χ0) is 22.0. The molecule has 6 nitrogen and oxygen atoms in total. The van der Waals surface area contributed by atoms with E-state index in [0.717, 1.165) is 21.5 Å². The molecular formula is C23H20BrN3O3S. The third kappa shape index (κ3) is 4.75. The third-order valence-corrected chi connectivity index (χ3v) is 6.25. The third-order valence-electron chi connectivity index (χ3n) is 4.68. The monoisotopic (exact) mass is 497 g/mol. The molecular weight excluding hydrogens is 478 g/mol. The van der Waals surface area contributed by atoms with Crippen LogP contribution in [0.5, 0.6) is 11.5 Å². The van der Waals surface area contributed by atoms with Crippen LogP contribution in [0.1, 0.15) is 18.1 Å². The number of amidine groups is 2. The van der Waals surface area contributed by atoms with Crippen molar-refractivity contribution in [3.05, 3.63) is 74.7 Å². The number of carbonyl (C=O) groups excluding carboxylic acids is 1. The fourth-order valence-corrected chi connectivity index (χ4v) is 4.45. The number of hydrogen-bond donors (Lipinski definition) is 1. The highest BCUT2D eigenvalue weighted by atomic mass is 79.9. The molecule has 2 aromatic rings. The van der Waals surface area contributed by atoms with Crippen molar-refractivity contribution in [2.75, 3.05) is 13.2 Å². The summed E-state index contributed by atoms with van der Waals surface area (Å²) in [6.45, 7) is 4.74. The fraction of sp³-hybridized carbons (Fsp3) is 0.174. The molecule has 0 aromatic heterocycles. The molecule has 0 saturated carbocycles.